The number of hydrogen-bond acceptors (Lipinski definition) is 0. The smallest absolute Gasteiger partial charge is 0.194 e. The second-order valence-electron chi connectivity index (χ2n) is 20.3. The maximum absolute atomic E-state index is 2.49. The minimum Gasteiger partial charge on any atom is -0.194 e. The van der Waals surface area contributed by atoms with E-state index in [2.05, 4.69) is 243 Å². The van der Waals surface area contributed by atoms with Crippen molar-refractivity contribution in [2.45, 2.75) is 116 Å². The van der Waals surface area contributed by atoms with Gasteiger partial charge in [0.05, 0.1) is 5.56 Å². The van der Waals surface area contributed by atoms with Crippen LogP contribution in [0.5, 0.6) is 0 Å². The molecule has 2 heteroatoms. The van der Waals surface area contributed by atoms with Crippen molar-refractivity contribution < 1.29 is 9.13 Å². The third kappa shape index (κ3) is 12.0. The number of aromatic nitrogens is 2. The number of rotatable bonds is 22. The van der Waals surface area contributed by atoms with Crippen molar-refractivity contribution in [2.24, 2.45) is 7.05 Å². The van der Waals surface area contributed by atoms with E-state index in [1.54, 1.807) is 0 Å². The van der Waals surface area contributed by atoms with Gasteiger partial charge in [-0.2, -0.15) is 9.13 Å². The second-order valence-corrected chi connectivity index (χ2v) is 20.3. The molecule has 0 saturated carbocycles. The highest BCUT2D eigenvalue weighted by atomic mass is 15.0. The molecule has 9 rings (SSSR count). The quantitative estimate of drug-likeness (QED) is 0.0473. The zero-order chi connectivity index (χ0) is 48.8. The fraction of sp³-hybridized carbons (Fsp3) is 0.275. The van der Waals surface area contributed by atoms with Crippen molar-refractivity contribution >= 4 is 10.9 Å². The molecule has 0 radical (unpaired) electrons. The molecule has 71 heavy (non-hydrogen) atoms. The Morgan fingerprint density at radius 2 is 0.873 bits per heavy atom. The minimum absolute atomic E-state index is 0.00848. The first-order chi connectivity index (χ1) is 34.9. The summed E-state index contributed by atoms with van der Waals surface area (Å²) in [6, 6.07) is 75.0. The van der Waals surface area contributed by atoms with Crippen LogP contribution in [0.3, 0.4) is 0 Å². The van der Waals surface area contributed by atoms with Gasteiger partial charge in [0.1, 0.15) is 12.6 Å². The lowest BCUT2D eigenvalue weighted by Crippen LogP contribution is -2.37. The number of hydrogen-bond donors (Lipinski definition) is 0. The lowest BCUT2D eigenvalue weighted by molar-refractivity contribution is -0.634. The zero-order valence-electron chi connectivity index (χ0n) is 42.9. The van der Waals surface area contributed by atoms with Gasteiger partial charge in [-0.15, -0.1) is 0 Å². The number of para-hydroxylation sites is 1. The molecule has 0 unspecified atom stereocenters. The van der Waals surface area contributed by atoms with Crippen LogP contribution in [0.2, 0.25) is 0 Å². The molecule has 0 atom stereocenters. The molecular formula is C69H74N2+2. The summed E-state index contributed by atoms with van der Waals surface area (Å²) in [5.74, 6) is 0. The summed E-state index contributed by atoms with van der Waals surface area (Å²) in [5, 5.41) is 1.24. The Labute approximate surface area is 425 Å². The van der Waals surface area contributed by atoms with Crippen molar-refractivity contribution in [1.82, 2.24) is 0 Å². The van der Waals surface area contributed by atoms with Gasteiger partial charge in [-0.1, -0.05) is 180 Å². The second kappa shape index (κ2) is 23.8. The first-order valence-corrected chi connectivity index (χ1v) is 26.9. The molecule has 2 aromatic heterocycles. The predicted octanol–water partition coefficient (Wildman–Crippen LogP) is 17.4. The van der Waals surface area contributed by atoms with Crippen LogP contribution in [0.25, 0.3) is 61.4 Å². The molecule has 7 aromatic carbocycles. The van der Waals surface area contributed by atoms with Gasteiger partial charge in [0, 0.05) is 35.7 Å². The number of benzene rings is 7. The number of nitrogens with zero attached hydrogens (tertiary/aromatic N) is 2. The monoisotopic (exact) mass is 931 g/mol. The van der Waals surface area contributed by atoms with Crippen molar-refractivity contribution in [3.63, 3.8) is 0 Å². The number of unbranched alkanes of at least 4 members (excludes halogenated alkanes) is 6. The predicted molar refractivity (Wildman–Crippen MR) is 301 cm³/mol. The molecule has 2 nitrogen and oxygen atoms in total. The molecule has 0 N–H and O–H groups in total. The van der Waals surface area contributed by atoms with Gasteiger partial charge in [-0.3, -0.25) is 0 Å². The highest BCUT2D eigenvalue weighted by Crippen LogP contribution is 2.40. The fourth-order valence-corrected chi connectivity index (χ4v) is 10.8. The van der Waals surface area contributed by atoms with E-state index in [9.17, 15) is 0 Å². The first kappa shape index (κ1) is 49.1. The maximum Gasteiger partial charge on any atom is 0.225 e. The SMILES string of the molecule is CCC(C)(CC)c1ccc(-c2cccc(CCCCCCc3ccccc3)c2)cc1-c1cccc[n+]1-c1ccc(-c2cccc(CCCCCCc3ccccc3)c2)cc1-c1ccc2ccccc2[n+]1C. The van der Waals surface area contributed by atoms with Crippen LogP contribution in [0.15, 0.2) is 206 Å². The highest BCUT2D eigenvalue weighted by molar-refractivity contribution is 5.81. The van der Waals surface area contributed by atoms with Gasteiger partial charge < -0.3 is 0 Å². The van der Waals surface area contributed by atoms with E-state index in [0.29, 0.717) is 0 Å². The first-order valence-electron chi connectivity index (χ1n) is 26.9. The van der Waals surface area contributed by atoms with Gasteiger partial charge in [-0.25, -0.2) is 0 Å². The average molecular weight is 931 g/mol. The third-order valence-electron chi connectivity index (χ3n) is 15.5. The molecule has 358 valence electrons. The summed E-state index contributed by atoms with van der Waals surface area (Å²) in [6.45, 7) is 7.16. The summed E-state index contributed by atoms with van der Waals surface area (Å²) in [5.41, 5.74) is 19.5. The number of fused-ring (bicyclic) bond motifs is 1. The van der Waals surface area contributed by atoms with Gasteiger partial charge in [0.2, 0.25) is 22.6 Å². The molecule has 0 fully saturated rings. The van der Waals surface area contributed by atoms with Crippen molar-refractivity contribution in [3.8, 4) is 50.5 Å². The van der Waals surface area contributed by atoms with E-state index >= 15 is 0 Å². The topological polar surface area (TPSA) is 7.76 Å². The van der Waals surface area contributed by atoms with Crippen molar-refractivity contribution in [1.29, 1.82) is 0 Å². The van der Waals surface area contributed by atoms with Crippen molar-refractivity contribution in [3.05, 3.63) is 234 Å². The van der Waals surface area contributed by atoms with Crippen LogP contribution in [-0.4, -0.2) is 0 Å². The molecule has 0 aliphatic rings. The van der Waals surface area contributed by atoms with E-state index in [-0.39, 0.29) is 5.41 Å². The van der Waals surface area contributed by atoms with Crippen LogP contribution in [0.4, 0.5) is 0 Å². The molecule has 2 heterocycles. The number of pyridine rings is 2. The largest absolute Gasteiger partial charge is 0.225 e. The lowest BCUT2D eigenvalue weighted by Gasteiger charge is -2.30. The van der Waals surface area contributed by atoms with Crippen LogP contribution in [0.1, 0.15) is 113 Å². The van der Waals surface area contributed by atoms with E-state index < -0.39 is 0 Å². The highest BCUT2D eigenvalue weighted by Gasteiger charge is 2.31. The Morgan fingerprint density at radius 3 is 1.46 bits per heavy atom. The fourth-order valence-electron chi connectivity index (χ4n) is 10.8. The van der Waals surface area contributed by atoms with Crippen molar-refractivity contribution in [2.75, 3.05) is 0 Å². The van der Waals surface area contributed by atoms with Gasteiger partial charge in [0.25, 0.3) is 0 Å². The Morgan fingerprint density at radius 1 is 0.380 bits per heavy atom. The van der Waals surface area contributed by atoms with E-state index in [4.69, 9.17) is 0 Å². The molecule has 0 bridgehead atoms. The Balaban J connectivity index is 1.04. The Kier molecular flexibility index (Phi) is 16.5. The summed E-state index contributed by atoms with van der Waals surface area (Å²) in [4.78, 5) is 0. The summed E-state index contributed by atoms with van der Waals surface area (Å²) >= 11 is 0. The molecule has 0 amide bonds. The summed E-state index contributed by atoms with van der Waals surface area (Å²) in [7, 11) is 2.22. The molecular weight excluding hydrogens is 857 g/mol. The van der Waals surface area contributed by atoms with Crippen LogP contribution in [0, 0.1) is 0 Å². The van der Waals surface area contributed by atoms with Gasteiger partial charge in [-0.05, 0) is 156 Å². The molecule has 0 aliphatic heterocycles. The van der Waals surface area contributed by atoms with E-state index in [1.807, 2.05) is 0 Å². The molecule has 9 aromatic rings. The molecule has 0 saturated heterocycles. The normalized spacial score (nSPS) is 11.6. The van der Waals surface area contributed by atoms with Crippen LogP contribution >= 0.6 is 0 Å². The van der Waals surface area contributed by atoms with Crippen LogP contribution in [-0.2, 0) is 38.1 Å². The minimum atomic E-state index is 0.00848. The molecule has 0 aliphatic carbocycles. The standard InChI is InChI=1S/C69H74N2/c1-5-69(3,6-2)64-45-42-60(58-38-25-35-55(49-58)33-15-9-7-13-27-53-29-17-11-18-30-53)51-62(64)67-41-23-24-48-71(67)68-47-44-61(52-63(68)66-46-43-57-37-21-22-40-65(57)70(66)4)59-39-26-36-56(50-59)34-16-10-8-14-28-54-31-19-12-20-32-54/h11-12,17-26,29-32,35-52H,5-10,13-16,27-28,33-34H2,1-4H3/q+2. The summed E-state index contributed by atoms with van der Waals surface area (Å²) < 4.78 is 4.84. The summed E-state index contributed by atoms with van der Waals surface area (Å²) in [6.07, 6.45) is 18.9. The third-order valence-corrected chi connectivity index (χ3v) is 15.5. The maximum atomic E-state index is 2.49. The van der Waals surface area contributed by atoms with E-state index in [1.165, 1.54) is 153 Å². The Bertz CT molecular complexity index is 3140. The van der Waals surface area contributed by atoms with Gasteiger partial charge in [0.15, 0.2) is 6.20 Å². The zero-order valence-corrected chi connectivity index (χ0v) is 42.9. The van der Waals surface area contributed by atoms with E-state index in [0.717, 1.165) is 25.7 Å². The molecule has 0 spiro atoms. The number of aryl methyl sites for hydroxylation is 5. The average Bonchev–Trinajstić information content (AvgIpc) is 3.43. The van der Waals surface area contributed by atoms with Gasteiger partial charge >= 0.3 is 0 Å². The Hall–Kier alpha value is -6.90. The van der Waals surface area contributed by atoms with Crippen LogP contribution < -0.4 is 9.13 Å². The lowest BCUT2D eigenvalue weighted by atomic mass is 9.74.